The van der Waals surface area contributed by atoms with E-state index in [2.05, 4.69) is 22.3 Å². The van der Waals surface area contributed by atoms with Crippen LogP contribution in [0.2, 0.25) is 0 Å². The number of nitrogens with zero attached hydrogens (tertiary/aromatic N) is 1. The van der Waals surface area contributed by atoms with Crippen LogP contribution in [-0.2, 0) is 28.7 Å². The van der Waals surface area contributed by atoms with Gasteiger partial charge in [-0.3, -0.25) is 19.2 Å². The zero-order chi connectivity index (χ0) is 30.5. The lowest BCUT2D eigenvalue weighted by Gasteiger charge is -2.34. The van der Waals surface area contributed by atoms with Crippen LogP contribution in [0.25, 0.3) is 0 Å². The first-order valence-electron chi connectivity index (χ1n) is 13.4. The number of primary amides is 1. The van der Waals surface area contributed by atoms with Crippen molar-refractivity contribution in [2.45, 2.75) is 90.8 Å². The number of phenols is 1. The average Bonchev–Trinajstić information content (AvgIpc) is 2.86. The highest BCUT2D eigenvalue weighted by molar-refractivity contribution is 5.95. The molecule has 0 bridgehead atoms. The number of methoxy groups -OCH3 is 1. The van der Waals surface area contributed by atoms with E-state index in [1.54, 1.807) is 33.8 Å². The van der Waals surface area contributed by atoms with Gasteiger partial charge in [0.05, 0.1) is 13.5 Å². The van der Waals surface area contributed by atoms with Gasteiger partial charge in [-0.25, -0.2) is 4.79 Å². The number of carbonyl (C=O) groups is 5. The van der Waals surface area contributed by atoms with Gasteiger partial charge in [-0.15, -0.1) is 0 Å². The zero-order valence-corrected chi connectivity index (χ0v) is 24.4. The zero-order valence-electron chi connectivity index (χ0n) is 24.4. The lowest BCUT2D eigenvalue weighted by atomic mass is 9.99. The minimum Gasteiger partial charge on any atom is -0.508 e. The van der Waals surface area contributed by atoms with E-state index in [0.29, 0.717) is 17.5 Å². The van der Waals surface area contributed by atoms with Crippen molar-refractivity contribution in [3.63, 3.8) is 0 Å². The molecule has 5 N–H and O–H groups in total. The molecule has 4 amide bonds. The molecule has 1 aromatic carbocycles. The normalized spacial score (nSPS) is 12.6. The lowest BCUT2D eigenvalue weighted by Crippen LogP contribution is -2.54. The number of carbonyl (C=O) groups excluding carboxylic acids is 5. The molecule has 0 spiro atoms. The molecule has 2 unspecified atom stereocenters. The molecule has 0 radical (unpaired) electrons. The first-order chi connectivity index (χ1) is 18.7. The van der Waals surface area contributed by atoms with Crippen LogP contribution in [0.3, 0.4) is 0 Å². The smallest absolute Gasteiger partial charge is 0.408 e. The van der Waals surface area contributed by atoms with Gasteiger partial charge in [0.15, 0.2) is 0 Å². The number of rotatable bonds is 15. The molecule has 0 aliphatic carbocycles. The van der Waals surface area contributed by atoms with Crippen LogP contribution in [0.5, 0.6) is 5.75 Å². The number of unbranched alkanes of at least 4 members (excludes halogenated alkanes) is 4. The molecule has 12 nitrogen and oxygen atoms in total. The summed E-state index contributed by atoms with van der Waals surface area (Å²) in [4.78, 5) is 65.0. The van der Waals surface area contributed by atoms with E-state index in [4.69, 9.17) is 10.5 Å². The molecule has 0 saturated heterocycles. The average molecular weight is 565 g/mol. The van der Waals surface area contributed by atoms with Crippen LogP contribution >= 0.6 is 0 Å². The van der Waals surface area contributed by atoms with Crippen LogP contribution in [0.1, 0.15) is 83.4 Å². The Bertz CT molecular complexity index is 1040. The van der Waals surface area contributed by atoms with Crippen molar-refractivity contribution < 1.29 is 38.6 Å². The number of ether oxygens (including phenoxy) is 2. The Morgan fingerprint density at radius 2 is 1.73 bits per heavy atom. The topological polar surface area (TPSA) is 177 Å². The van der Waals surface area contributed by atoms with E-state index in [1.165, 1.54) is 24.1 Å². The maximum absolute atomic E-state index is 14.0. The van der Waals surface area contributed by atoms with E-state index < -0.39 is 60.4 Å². The summed E-state index contributed by atoms with van der Waals surface area (Å²) in [6.45, 7) is 8.31. The van der Waals surface area contributed by atoms with Gasteiger partial charge in [-0.2, -0.15) is 0 Å². The number of aryl methyl sites for hydroxylation is 1. The van der Waals surface area contributed by atoms with Gasteiger partial charge in [0.25, 0.3) is 0 Å². The molecule has 2 atom stereocenters. The Morgan fingerprint density at radius 1 is 1.07 bits per heavy atom. The maximum Gasteiger partial charge on any atom is 0.408 e. The predicted molar refractivity (Wildman–Crippen MR) is 148 cm³/mol. The molecule has 0 saturated carbocycles. The summed E-state index contributed by atoms with van der Waals surface area (Å²) in [6.07, 6.45) is 2.75. The Morgan fingerprint density at radius 3 is 2.27 bits per heavy atom. The first kappa shape index (κ1) is 34.2. The quantitative estimate of drug-likeness (QED) is 0.185. The molecule has 12 heteroatoms. The van der Waals surface area contributed by atoms with Gasteiger partial charge in [0.2, 0.25) is 17.7 Å². The Balaban J connectivity index is 3.54. The van der Waals surface area contributed by atoms with Gasteiger partial charge in [-0.1, -0.05) is 38.7 Å². The standard InChI is InChI=1S/C28H44N4O8/c1-7-8-9-10-11-14-32(26(37)20(16-22(29)34)31-27(38)40-28(3,4)5)24(25(36)30-17-23(35)39-6)19-12-13-21(33)18(2)15-19/h12-13,15,20,24,33H,7-11,14,16-17H2,1-6H3,(H2,29,34)(H,30,36)(H,31,38). The Hall–Kier alpha value is -3.83. The van der Waals surface area contributed by atoms with Crippen molar-refractivity contribution >= 4 is 29.8 Å². The molecular formula is C28H44N4O8. The highest BCUT2D eigenvalue weighted by Gasteiger charge is 2.37. The van der Waals surface area contributed by atoms with Crippen molar-refractivity contribution in [2.75, 3.05) is 20.2 Å². The number of amides is 4. The van der Waals surface area contributed by atoms with Crippen LogP contribution in [0.4, 0.5) is 4.79 Å². The predicted octanol–water partition coefficient (Wildman–Crippen LogP) is 2.60. The fraction of sp³-hybridized carbons (Fsp3) is 0.607. The summed E-state index contributed by atoms with van der Waals surface area (Å²) in [5, 5.41) is 15.0. The number of esters is 1. The molecule has 0 aliphatic heterocycles. The fourth-order valence-electron chi connectivity index (χ4n) is 3.95. The summed E-state index contributed by atoms with van der Waals surface area (Å²) in [7, 11) is 1.18. The lowest BCUT2D eigenvalue weighted by molar-refractivity contribution is -0.145. The number of nitrogens with two attached hydrogens (primary N) is 1. The third-order valence-electron chi connectivity index (χ3n) is 5.91. The van der Waals surface area contributed by atoms with Crippen molar-refractivity contribution in [3.05, 3.63) is 29.3 Å². The summed E-state index contributed by atoms with van der Waals surface area (Å²) < 4.78 is 9.89. The second kappa shape index (κ2) is 16.3. The monoisotopic (exact) mass is 564 g/mol. The van der Waals surface area contributed by atoms with Crippen LogP contribution in [0.15, 0.2) is 18.2 Å². The minimum atomic E-state index is -1.42. The second-order valence-electron chi connectivity index (χ2n) is 10.6. The molecule has 224 valence electrons. The molecular weight excluding hydrogens is 520 g/mol. The number of benzene rings is 1. The van der Waals surface area contributed by atoms with Gasteiger partial charge < -0.3 is 35.8 Å². The summed E-state index contributed by atoms with van der Waals surface area (Å²) in [5.74, 6) is -2.96. The maximum atomic E-state index is 14.0. The molecule has 0 aromatic heterocycles. The number of aromatic hydroxyl groups is 1. The molecule has 0 heterocycles. The second-order valence-corrected chi connectivity index (χ2v) is 10.6. The summed E-state index contributed by atoms with van der Waals surface area (Å²) in [6, 6.07) is 1.76. The summed E-state index contributed by atoms with van der Waals surface area (Å²) in [5.41, 5.74) is 5.35. The highest BCUT2D eigenvalue weighted by atomic mass is 16.6. The number of hydrogen-bond donors (Lipinski definition) is 4. The molecule has 0 aliphatic rings. The van der Waals surface area contributed by atoms with Crippen LogP contribution in [0, 0.1) is 6.92 Å². The van der Waals surface area contributed by atoms with Gasteiger partial charge >= 0.3 is 12.1 Å². The van der Waals surface area contributed by atoms with E-state index >= 15 is 0 Å². The Kier molecular flexibility index (Phi) is 13.9. The third-order valence-corrected chi connectivity index (χ3v) is 5.91. The molecule has 40 heavy (non-hydrogen) atoms. The molecule has 1 aromatic rings. The third kappa shape index (κ3) is 11.9. The first-order valence-corrected chi connectivity index (χ1v) is 13.4. The number of hydrogen-bond acceptors (Lipinski definition) is 8. The van der Waals surface area contributed by atoms with E-state index in [-0.39, 0.29) is 12.3 Å². The highest BCUT2D eigenvalue weighted by Crippen LogP contribution is 2.28. The van der Waals surface area contributed by atoms with Gasteiger partial charge in [0, 0.05) is 6.54 Å². The summed E-state index contributed by atoms with van der Waals surface area (Å²) >= 11 is 0. The number of nitrogens with one attached hydrogen (secondary N) is 2. The van der Waals surface area contributed by atoms with Crippen molar-refractivity contribution in [2.24, 2.45) is 5.73 Å². The minimum absolute atomic E-state index is 0.00638. The number of phenolic OH excluding ortho intramolecular Hbond substituents is 1. The molecule has 0 fully saturated rings. The fourth-order valence-corrected chi connectivity index (χ4v) is 3.95. The van der Waals surface area contributed by atoms with Gasteiger partial charge in [-0.05, 0) is 57.4 Å². The molecule has 1 rings (SSSR count). The van der Waals surface area contributed by atoms with Crippen molar-refractivity contribution in [3.8, 4) is 5.75 Å². The van der Waals surface area contributed by atoms with Crippen LogP contribution < -0.4 is 16.4 Å². The van der Waals surface area contributed by atoms with E-state index in [1.807, 2.05) is 0 Å². The van der Waals surface area contributed by atoms with Gasteiger partial charge in [0.1, 0.15) is 30.0 Å². The van der Waals surface area contributed by atoms with Crippen molar-refractivity contribution in [1.29, 1.82) is 0 Å². The van der Waals surface area contributed by atoms with E-state index in [0.717, 1.165) is 25.7 Å². The largest absolute Gasteiger partial charge is 0.508 e. The number of alkyl carbamates (subject to hydrolysis) is 1. The van der Waals surface area contributed by atoms with Crippen molar-refractivity contribution in [1.82, 2.24) is 15.5 Å². The SMILES string of the molecule is CCCCCCCN(C(=O)C(CC(N)=O)NC(=O)OC(C)(C)C)C(C(=O)NCC(=O)OC)c1ccc(O)c(C)c1. The van der Waals surface area contributed by atoms with E-state index in [9.17, 15) is 29.1 Å². The van der Waals surface area contributed by atoms with Crippen LogP contribution in [-0.4, -0.2) is 71.6 Å². The Labute approximate surface area is 235 Å².